The average molecular weight is 299 g/mol. The number of thioether (sulfide) groups is 1. The zero-order valence-electron chi connectivity index (χ0n) is 10.1. The van der Waals surface area contributed by atoms with E-state index in [0.29, 0.717) is 5.82 Å². The third-order valence-corrected chi connectivity index (χ3v) is 4.86. The van der Waals surface area contributed by atoms with Crippen LogP contribution in [0.3, 0.4) is 0 Å². The smallest absolute Gasteiger partial charge is 0.181 e. The van der Waals surface area contributed by atoms with E-state index >= 15 is 0 Å². The number of aromatic nitrogens is 4. The summed E-state index contributed by atoms with van der Waals surface area (Å²) in [5.41, 5.74) is 5.77. The lowest BCUT2D eigenvalue weighted by Crippen LogP contribution is -2.00. The van der Waals surface area contributed by atoms with Crippen molar-refractivity contribution < 1.29 is 0 Å². The van der Waals surface area contributed by atoms with Gasteiger partial charge in [-0.15, -0.1) is 10.2 Å². The van der Waals surface area contributed by atoms with Crippen molar-refractivity contribution in [3.63, 3.8) is 0 Å². The molecule has 2 heterocycles. The molecule has 0 aliphatic rings. The van der Waals surface area contributed by atoms with Gasteiger partial charge in [-0.25, -0.2) is 9.97 Å². The van der Waals surface area contributed by atoms with Crippen LogP contribution in [0.1, 0.15) is 19.2 Å². The van der Waals surface area contributed by atoms with Crippen LogP contribution in [-0.4, -0.2) is 26.4 Å². The van der Waals surface area contributed by atoms with Gasteiger partial charge in [-0.05, 0) is 24.4 Å². The molecule has 2 aromatic heterocycles. The zero-order chi connectivity index (χ0) is 13.0. The maximum Gasteiger partial charge on any atom is 0.181 e. The fourth-order valence-electron chi connectivity index (χ4n) is 1.29. The van der Waals surface area contributed by atoms with Gasteiger partial charge in [0.05, 0.1) is 0 Å². The number of nitrogens with two attached hydrogens (primary N) is 1. The molecule has 0 amide bonds. The van der Waals surface area contributed by atoms with Crippen LogP contribution < -0.4 is 5.73 Å². The minimum atomic E-state index is 0.505. The first kappa shape index (κ1) is 13.6. The van der Waals surface area contributed by atoms with E-state index in [9.17, 15) is 0 Å². The molecular formula is C10H13N5S3. The summed E-state index contributed by atoms with van der Waals surface area (Å²) < 4.78 is 1.83. The summed E-state index contributed by atoms with van der Waals surface area (Å²) in [6.07, 6.45) is 3.82. The van der Waals surface area contributed by atoms with E-state index in [4.69, 9.17) is 5.73 Å². The van der Waals surface area contributed by atoms with Gasteiger partial charge in [-0.2, -0.15) is 0 Å². The first-order valence-electron chi connectivity index (χ1n) is 5.40. The monoisotopic (exact) mass is 299 g/mol. The van der Waals surface area contributed by atoms with Crippen molar-refractivity contribution in [1.29, 1.82) is 0 Å². The van der Waals surface area contributed by atoms with Gasteiger partial charge in [-0.3, -0.25) is 0 Å². The topological polar surface area (TPSA) is 77.6 Å². The fraction of sp³-hybridized carbons (Fsp3) is 0.400. The Bertz CT molecular complexity index is 528. The van der Waals surface area contributed by atoms with E-state index in [1.165, 1.54) is 11.8 Å². The van der Waals surface area contributed by atoms with Crippen molar-refractivity contribution >= 4 is 40.7 Å². The highest BCUT2D eigenvalue weighted by Gasteiger charge is 2.08. The Balaban J connectivity index is 2.17. The SMILES string of the molecule is CCCc1nc(N)cc(Sc2nnc(SC)s2)n1. The molecule has 0 atom stereocenters. The van der Waals surface area contributed by atoms with E-state index in [-0.39, 0.29) is 0 Å². The number of nitrogens with zero attached hydrogens (tertiary/aromatic N) is 4. The molecule has 0 aliphatic heterocycles. The number of anilines is 1. The second-order valence-electron chi connectivity index (χ2n) is 3.44. The van der Waals surface area contributed by atoms with Crippen LogP contribution in [0, 0.1) is 0 Å². The Morgan fingerprint density at radius 2 is 2.06 bits per heavy atom. The van der Waals surface area contributed by atoms with Gasteiger partial charge in [0.2, 0.25) is 0 Å². The minimum absolute atomic E-state index is 0.505. The van der Waals surface area contributed by atoms with Crippen LogP contribution >= 0.6 is 34.9 Å². The maximum atomic E-state index is 5.77. The van der Waals surface area contributed by atoms with Crippen molar-refractivity contribution in [3.8, 4) is 0 Å². The molecule has 8 heteroatoms. The maximum absolute atomic E-state index is 5.77. The molecule has 18 heavy (non-hydrogen) atoms. The minimum Gasteiger partial charge on any atom is -0.384 e. The molecule has 5 nitrogen and oxygen atoms in total. The lowest BCUT2D eigenvalue weighted by Gasteiger charge is -2.02. The first-order chi connectivity index (χ1) is 8.71. The summed E-state index contributed by atoms with van der Waals surface area (Å²) >= 11 is 4.62. The van der Waals surface area contributed by atoms with Gasteiger partial charge < -0.3 is 5.73 Å². The van der Waals surface area contributed by atoms with Gasteiger partial charge >= 0.3 is 0 Å². The first-order valence-corrected chi connectivity index (χ1v) is 8.25. The second kappa shape index (κ2) is 6.35. The van der Waals surface area contributed by atoms with Gasteiger partial charge in [0, 0.05) is 12.5 Å². The number of hydrogen-bond acceptors (Lipinski definition) is 8. The van der Waals surface area contributed by atoms with Crippen molar-refractivity contribution in [2.75, 3.05) is 12.0 Å². The van der Waals surface area contributed by atoms with Gasteiger partial charge in [0.1, 0.15) is 16.7 Å². The molecule has 96 valence electrons. The summed E-state index contributed by atoms with van der Waals surface area (Å²) in [6, 6.07) is 1.77. The molecule has 0 fully saturated rings. The van der Waals surface area contributed by atoms with Crippen LogP contribution in [0.4, 0.5) is 5.82 Å². The Morgan fingerprint density at radius 1 is 1.28 bits per heavy atom. The number of nitrogen functional groups attached to an aromatic ring is 1. The Morgan fingerprint density at radius 3 is 2.72 bits per heavy atom. The molecule has 2 aromatic rings. The predicted octanol–water partition coefficient (Wildman–Crippen LogP) is 2.74. The summed E-state index contributed by atoms with van der Waals surface area (Å²) in [5, 5.41) is 8.97. The standard InChI is InChI=1S/C10H13N5S3/c1-3-4-7-12-6(11)5-8(13-7)17-10-15-14-9(16-2)18-10/h5H,3-4H2,1-2H3,(H2,11,12,13). The Kier molecular flexibility index (Phi) is 4.79. The van der Waals surface area contributed by atoms with Crippen LogP contribution in [-0.2, 0) is 6.42 Å². The molecule has 0 aliphatic carbocycles. The van der Waals surface area contributed by atoms with E-state index in [0.717, 1.165) is 32.4 Å². The van der Waals surface area contributed by atoms with E-state index in [1.54, 1.807) is 29.2 Å². The third kappa shape index (κ3) is 3.56. The lowest BCUT2D eigenvalue weighted by molar-refractivity contribution is 0.813. The largest absolute Gasteiger partial charge is 0.384 e. The zero-order valence-corrected chi connectivity index (χ0v) is 12.5. The number of aryl methyl sites for hydroxylation is 1. The highest BCUT2D eigenvalue weighted by Crippen LogP contribution is 2.32. The fourth-order valence-corrected chi connectivity index (χ4v) is 3.70. The summed E-state index contributed by atoms with van der Waals surface area (Å²) in [5.74, 6) is 1.29. The average Bonchev–Trinajstić information content (AvgIpc) is 2.76. The lowest BCUT2D eigenvalue weighted by atomic mass is 10.3. The molecule has 0 saturated heterocycles. The van der Waals surface area contributed by atoms with Crippen molar-refractivity contribution in [2.45, 2.75) is 33.5 Å². The van der Waals surface area contributed by atoms with Crippen molar-refractivity contribution in [2.24, 2.45) is 0 Å². The second-order valence-corrected chi connectivity index (χ2v) is 6.74. The molecular weight excluding hydrogens is 286 g/mol. The summed E-state index contributed by atoms with van der Waals surface area (Å²) in [4.78, 5) is 8.66. The van der Waals surface area contributed by atoms with Gasteiger partial charge in [0.15, 0.2) is 8.68 Å². The van der Waals surface area contributed by atoms with Crippen molar-refractivity contribution in [3.05, 3.63) is 11.9 Å². The molecule has 0 aromatic carbocycles. The van der Waals surface area contributed by atoms with Gasteiger partial charge in [0.25, 0.3) is 0 Å². The van der Waals surface area contributed by atoms with E-state index in [2.05, 4.69) is 27.1 Å². The van der Waals surface area contributed by atoms with Crippen LogP contribution in [0.5, 0.6) is 0 Å². The summed E-state index contributed by atoms with van der Waals surface area (Å²) in [7, 11) is 0. The highest BCUT2D eigenvalue weighted by molar-refractivity contribution is 8.02. The van der Waals surface area contributed by atoms with E-state index in [1.807, 2.05) is 6.26 Å². The highest BCUT2D eigenvalue weighted by atomic mass is 32.2. The van der Waals surface area contributed by atoms with Crippen LogP contribution in [0.25, 0.3) is 0 Å². The Labute approximate surface area is 118 Å². The van der Waals surface area contributed by atoms with Crippen molar-refractivity contribution in [1.82, 2.24) is 20.2 Å². The molecule has 0 spiro atoms. The molecule has 0 bridgehead atoms. The van der Waals surface area contributed by atoms with E-state index < -0.39 is 0 Å². The molecule has 2 N–H and O–H groups in total. The molecule has 0 unspecified atom stereocenters. The van der Waals surface area contributed by atoms with Gasteiger partial charge in [-0.1, -0.05) is 30.0 Å². The quantitative estimate of drug-likeness (QED) is 0.671. The molecule has 2 rings (SSSR count). The number of hydrogen-bond donors (Lipinski definition) is 1. The summed E-state index contributed by atoms with van der Waals surface area (Å²) in [6.45, 7) is 2.09. The molecule has 0 radical (unpaired) electrons. The normalized spacial score (nSPS) is 10.8. The Hall–Kier alpha value is -0.860. The van der Waals surface area contributed by atoms with Crippen LogP contribution in [0.15, 0.2) is 19.8 Å². The molecule has 0 saturated carbocycles. The van der Waals surface area contributed by atoms with Crippen LogP contribution in [0.2, 0.25) is 0 Å². The third-order valence-electron chi connectivity index (χ3n) is 2.00. The number of rotatable bonds is 5. The predicted molar refractivity (Wildman–Crippen MR) is 76.3 cm³/mol.